The molecule has 2 aromatic carbocycles. The molecule has 1 unspecified atom stereocenters. The molecule has 1 fully saturated rings. The molecule has 0 saturated carbocycles. The number of rotatable bonds is 3. The van der Waals surface area contributed by atoms with Crippen molar-refractivity contribution in [2.24, 2.45) is 0 Å². The molecule has 2 heterocycles. The molecule has 10 nitrogen and oxygen atoms in total. The summed E-state index contributed by atoms with van der Waals surface area (Å²) < 4.78 is 19.5. The zero-order valence-corrected chi connectivity index (χ0v) is 19.9. The van der Waals surface area contributed by atoms with E-state index in [1.54, 1.807) is 25.1 Å². The van der Waals surface area contributed by atoms with E-state index in [4.69, 9.17) is 4.74 Å². The lowest BCUT2D eigenvalue weighted by Gasteiger charge is -2.28. The summed E-state index contributed by atoms with van der Waals surface area (Å²) in [5, 5.41) is 7.98. The highest BCUT2D eigenvalue weighted by Gasteiger charge is 2.55. The van der Waals surface area contributed by atoms with E-state index in [9.17, 15) is 23.6 Å². The molecule has 2 aromatic rings. The van der Waals surface area contributed by atoms with E-state index in [1.165, 1.54) is 30.1 Å². The van der Waals surface area contributed by atoms with Gasteiger partial charge in [-0.1, -0.05) is 6.07 Å². The number of anilines is 1. The van der Waals surface area contributed by atoms with Crippen LogP contribution in [0.15, 0.2) is 36.4 Å². The smallest absolute Gasteiger partial charge is 0.325 e. The van der Waals surface area contributed by atoms with E-state index in [-0.39, 0.29) is 25.2 Å². The van der Waals surface area contributed by atoms with Gasteiger partial charge in [0.2, 0.25) is 5.91 Å². The fourth-order valence-corrected chi connectivity index (χ4v) is 5.08. The van der Waals surface area contributed by atoms with Gasteiger partial charge in [-0.05, 0) is 61.2 Å². The normalized spacial score (nSPS) is 22.5. The van der Waals surface area contributed by atoms with E-state index in [1.807, 2.05) is 0 Å². The molecule has 0 aromatic heterocycles. The fourth-order valence-electron chi connectivity index (χ4n) is 5.08. The minimum atomic E-state index is -1.25. The Morgan fingerprint density at radius 3 is 2.78 bits per heavy atom. The van der Waals surface area contributed by atoms with Gasteiger partial charge in [-0.3, -0.25) is 14.5 Å². The van der Waals surface area contributed by atoms with Crippen LogP contribution in [0.4, 0.5) is 19.7 Å². The van der Waals surface area contributed by atoms with Crippen LogP contribution >= 0.6 is 0 Å². The Morgan fingerprint density at radius 1 is 1.19 bits per heavy atom. The molecule has 2 atom stereocenters. The first-order valence-corrected chi connectivity index (χ1v) is 11.7. The number of amides is 6. The van der Waals surface area contributed by atoms with E-state index < -0.39 is 35.7 Å². The van der Waals surface area contributed by atoms with Gasteiger partial charge in [0.25, 0.3) is 5.91 Å². The predicted octanol–water partition coefficient (Wildman–Crippen LogP) is 2.08. The van der Waals surface area contributed by atoms with E-state index in [2.05, 4.69) is 16.0 Å². The summed E-state index contributed by atoms with van der Waals surface area (Å²) in [5.74, 6) is -0.867. The first-order chi connectivity index (χ1) is 17.2. The number of urea groups is 2. The zero-order chi connectivity index (χ0) is 25.6. The second-order valence-corrected chi connectivity index (χ2v) is 9.24. The highest BCUT2D eigenvalue weighted by Crippen LogP contribution is 2.42. The molecule has 3 N–H and O–H groups in total. The highest BCUT2D eigenvalue weighted by atomic mass is 19.1. The van der Waals surface area contributed by atoms with Crippen molar-refractivity contribution in [3.8, 4) is 5.75 Å². The summed E-state index contributed by atoms with van der Waals surface area (Å²) in [4.78, 5) is 53.8. The number of nitrogens with one attached hydrogen (secondary N) is 3. The Hall–Kier alpha value is -4.15. The van der Waals surface area contributed by atoms with Crippen molar-refractivity contribution in [3.05, 3.63) is 58.9 Å². The van der Waals surface area contributed by atoms with Crippen molar-refractivity contribution in [1.29, 1.82) is 0 Å². The standard InChI is InChI=1S/C25H26FN5O5/c1-14-13-36-20-6-3-17(26)9-16(20)11-30(14)21(32)12-31-22(33)25(29-24(31)35)8-7-15-10-18(4-5-19(15)25)28-23(34)27-2/h3-6,9-10,14H,7-8,11-13H2,1-2H3,(H,29,35)(H2,27,28,34)/t14-,25?/m1/s1. The summed E-state index contributed by atoms with van der Waals surface area (Å²) in [6.45, 7) is 1.66. The molecule has 36 heavy (non-hydrogen) atoms. The van der Waals surface area contributed by atoms with Gasteiger partial charge in [-0.2, -0.15) is 0 Å². The predicted molar refractivity (Wildman–Crippen MR) is 127 cm³/mol. The highest BCUT2D eigenvalue weighted by molar-refractivity contribution is 6.10. The summed E-state index contributed by atoms with van der Waals surface area (Å²) in [5.41, 5.74) is 1.33. The third-order valence-corrected chi connectivity index (χ3v) is 6.98. The number of ether oxygens (including phenoxy) is 1. The Labute approximate surface area is 206 Å². The number of hydrogen-bond donors (Lipinski definition) is 3. The largest absolute Gasteiger partial charge is 0.491 e. The fraction of sp³-hybridized carbons (Fsp3) is 0.360. The first-order valence-electron chi connectivity index (χ1n) is 11.7. The third-order valence-electron chi connectivity index (χ3n) is 6.98. The monoisotopic (exact) mass is 495 g/mol. The molecule has 1 saturated heterocycles. The average Bonchev–Trinajstić information content (AvgIpc) is 3.26. The number of fused-ring (bicyclic) bond motifs is 3. The van der Waals surface area contributed by atoms with Gasteiger partial charge in [0.1, 0.15) is 30.3 Å². The van der Waals surface area contributed by atoms with Gasteiger partial charge >= 0.3 is 12.1 Å². The van der Waals surface area contributed by atoms with Gasteiger partial charge in [0, 0.05) is 24.8 Å². The van der Waals surface area contributed by atoms with Gasteiger partial charge in [-0.15, -0.1) is 0 Å². The average molecular weight is 496 g/mol. The van der Waals surface area contributed by atoms with Crippen molar-refractivity contribution in [3.63, 3.8) is 0 Å². The molecule has 0 bridgehead atoms. The second-order valence-electron chi connectivity index (χ2n) is 9.24. The molecule has 1 aliphatic carbocycles. The van der Waals surface area contributed by atoms with Crippen LogP contribution in [-0.2, 0) is 28.1 Å². The minimum absolute atomic E-state index is 0.103. The summed E-state index contributed by atoms with van der Waals surface area (Å²) in [6.07, 6.45) is 0.872. The van der Waals surface area contributed by atoms with Crippen LogP contribution in [0.3, 0.4) is 0 Å². The van der Waals surface area contributed by atoms with Gasteiger partial charge in [-0.25, -0.2) is 14.0 Å². The van der Waals surface area contributed by atoms with Gasteiger partial charge < -0.3 is 25.6 Å². The lowest BCUT2D eigenvalue weighted by atomic mass is 9.91. The zero-order valence-electron chi connectivity index (χ0n) is 19.9. The minimum Gasteiger partial charge on any atom is -0.491 e. The van der Waals surface area contributed by atoms with E-state index in [0.717, 1.165) is 10.5 Å². The van der Waals surface area contributed by atoms with Crippen molar-refractivity contribution in [2.45, 2.75) is 37.9 Å². The van der Waals surface area contributed by atoms with Crippen LogP contribution in [0.25, 0.3) is 0 Å². The Bertz CT molecular complexity index is 1280. The van der Waals surface area contributed by atoms with Crippen LogP contribution in [0.5, 0.6) is 5.75 Å². The van der Waals surface area contributed by atoms with Crippen molar-refractivity contribution < 1.29 is 28.3 Å². The maximum absolute atomic E-state index is 13.8. The lowest BCUT2D eigenvalue weighted by Crippen LogP contribution is -2.47. The number of nitrogens with zero attached hydrogens (tertiary/aromatic N) is 2. The third kappa shape index (κ3) is 3.90. The number of carbonyl (C=O) groups is 4. The Morgan fingerprint density at radius 2 is 2.00 bits per heavy atom. The molecule has 2 aliphatic heterocycles. The Balaban J connectivity index is 1.35. The van der Waals surface area contributed by atoms with E-state index in [0.29, 0.717) is 35.4 Å². The van der Waals surface area contributed by atoms with Crippen molar-refractivity contribution in [2.75, 3.05) is 25.5 Å². The summed E-state index contributed by atoms with van der Waals surface area (Å²) >= 11 is 0. The lowest BCUT2D eigenvalue weighted by molar-refractivity contribution is -0.140. The quantitative estimate of drug-likeness (QED) is 0.564. The number of imide groups is 1. The van der Waals surface area contributed by atoms with Crippen LogP contribution in [-0.4, -0.2) is 59.9 Å². The topological polar surface area (TPSA) is 120 Å². The molecule has 3 aliphatic rings. The first kappa shape index (κ1) is 23.6. The van der Waals surface area contributed by atoms with Crippen LogP contribution < -0.4 is 20.7 Å². The van der Waals surface area contributed by atoms with E-state index >= 15 is 0 Å². The van der Waals surface area contributed by atoms with Crippen LogP contribution in [0.1, 0.15) is 30.0 Å². The molecule has 11 heteroatoms. The SMILES string of the molecule is CNC(=O)Nc1ccc2c(c1)CCC21NC(=O)N(CC(=O)N2Cc3cc(F)ccc3OC[C@H]2C)C1=O. The Kier molecular flexibility index (Phi) is 5.77. The van der Waals surface area contributed by atoms with Crippen molar-refractivity contribution in [1.82, 2.24) is 20.4 Å². The van der Waals surface area contributed by atoms with Gasteiger partial charge in [0.15, 0.2) is 0 Å². The maximum Gasteiger partial charge on any atom is 0.325 e. The molecule has 188 valence electrons. The number of benzene rings is 2. The molecule has 6 amide bonds. The molecular weight excluding hydrogens is 469 g/mol. The van der Waals surface area contributed by atoms with Gasteiger partial charge in [0.05, 0.1) is 6.04 Å². The number of aryl methyl sites for hydroxylation is 1. The molecule has 1 spiro atoms. The summed E-state index contributed by atoms with van der Waals surface area (Å²) in [7, 11) is 1.51. The molecule has 5 rings (SSSR count). The van der Waals surface area contributed by atoms with Crippen molar-refractivity contribution >= 4 is 29.6 Å². The van der Waals surface area contributed by atoms with Crippen LogP contribution in [0.2, 0.25) is 0 Å². The number of halogens is 1. The molecule has 0 radical (unpaired) electrons. The van der Waals surface area contributed by atoms with Crippen LogP contribution in [0, 0.1) is 5.82 Å². The molecular formula is C25H26FN5O5. The number of hydrogen-bond acceptors (Lipinski definition) is 5. The summed E-state index contributed by atoms with van der Waals surface area (Å²) in [6, 6.07) is 7.96. The maximum atomic E-state index is 13.8. The number of carbonyl (C=O) groups excluding carboxylic acids is 4. The second kappa shape index (κ2) is 8.81.